The number of carbonyl (C=O) groups is 1. The SMILES string of the molecule is Cc1cc2nc(C)c(CCC(=O)N(C)Cc3ccc4ccccc4c3)c(C)n2n1. The van der Waals surface area contributed by atoms with Crippen molar-refractivity contribution >= 4 is 22.3 Å². The van der Waals surface area contributed by atoms with Crippen LogP contribution >= 0.6 is 0 Å². The van der Waals surface area contributed by atoms with E-state index in [1.165, 1.54) is 10.8 Å². The van der Waals surface area contributed by atoms with Crippen LogP contribution in [0.4, 0.5) is 0 Å². The van der Waals surface area contributed by atoms with Gasteiger partial charge in [0.1, 0.15) is 0 Å². The van der Waals surface area contributed by atoms with Crippen LogP contribution < -0.4 is 0 Å². The van der Waals surface area contributed by atoms with Gasteiger partial charge in [0.05, 0.1) is 5.69 Å². The molecule has 0 spiro atoms. The predicted octanol–water partition coefficient (Wildman–Crippen LogP) is 4.40. The number of rotatable bonds is 5. The first-order valence-corrected chi connectivity index (χ1v) is 9.96. The number of nitrogens with zero attached hydrogens (tertiary/aromatic N) is 4. The third-order valence-electron chi connectivity index (χ3n) is 5.53. The van der Waals surface area contributed by atoms with Gasteiger partial charge >= 0.3 is 0 Å². The van der Waals surface area contributed by atoms with Gasteiger partial charge in [-0.05, 0) is 55.2 Å². The van der Waals surface area contributed by atoms with E-state index >= 15 is 0 Å². The molecule has 0 N–H and O–H groups in total. The van der Waals surface area contributed by atoms with Crippen molar-refractivity contribution in [2.45, 2.75) is 40.2 Å². The van der Waals surface area contributed by atoms with Crippen molar-refractivity contribution in [3.63, 3.8) is 0 Å². The Labute approximate surface area is 171 Å². The van der Waals surface area contributed by atoms with Gasteiger partial charge in [-0.3, -0.25) is 4.79 Å². The van der Waals surface area contributed by atoms with E-state index < -0.39 is 0 Å². The van der Waals surface area contributed by atoms with Crippen LogP contribution in [0.25, 0.3) is 16.4 Å². The van der Waals surface area contributed by atoms with E-state index in [0.717, 1.165) is 33.9 Å². The van der Waals surface area contributed by atoms with Crippen molar-refractivity contribution in [3.8, 4) is 0 Å². The fourth-order valence-corrected chi connectivity index (χ4v) is 3.92. The Morgan fingerprint density at radius 1 is 1.03 bits per heavy atom. The van der Waals surface area contributed by atoms with Crippen molar-refractivity contribution in [1.82, 2.24) is 19.5 Å². The molecule has 4 rings (SSSR count). The number of aryl methyl sites for hydroxylation is 3. The molecule has 0 aliphatic heterocycles. The van der Waals surface area contributed by atoms with Crippen LogP contribution in [-0.2, 0) is 17.8 Å². The van der Waals surface area contributed by atoms with Crippen molar-refractivity contribution in [3.05, 3.63) is 76.7 Å². The molecule has 4 aromatic rings. The first kappa shape index (κ1) is 19.1. The van der Waals surface area contributed by atoms with Crippen LogP contribution in [0.5, 0.6) is 0 Å². The van der Waals surface area contributed by atoms with E-state index in [-0.39, 0.29) is 5.91 Å². The molecule has 0 radical (unpaired) electrons. The van der Waals surface area contributed by atoms with E-state index in [1.54, 1.807) is 4.90 Å². The summed E-state index contributed by atoms with van der Waals surface area (Å²) in [5, 5.41) is 6.93. The highest BCUT2D eigenvalue weighted by Gasteiger charge is 2.15. The zero-order valence-electron chi connectivity index (χ0n) is 17.4. The second kappa shape index (κ2) is 7.66. The summed E-state index contributed by atoms with van der Waals surface area (Å²) in [6.07, 6.45) is 1.12. The molecule has 148 valence electrons. The number of hydrogen-bond acceptors (Lipinski definition) is 3. The van der Waals surface area contributed by atoms with Crippen LogP contribution in [0.1, 0.15) is 34.6 Å². The predicted molar refractivity (Wildman–Crippen MR) is 116 cm³/mol. The maximum atomic E-state index is 12.8. The number of amides is 1. The Morgan fingerprint density at radius 2 is 1.79 bits per heavy atom. The Hall–Kier alpha value is -3.21. The minimum atomic E-state index is 0.133. The van der Waals surface area contributed by atoms with Gasteiger partial charge in [-0.15, -0.1) is 0 Å². The first-order chi connectivity index (χ1) is 13.9. The third-order valence-corrected chi connectivity index (χ3v) is 5.53. The maximum Gasteiger partial charge on any atom is 0.222 e. The number of aromatic nitrogens is 3. The van der Waals surface area contributed by atoms with Gasteiger partial charge in [0, 0.05) is 37.5 Å². The lowest BCUT2D eigenvalue weighted by Gasteiger charge is -2.18. The molecular formula is C24H26N4O. The topological polar surface area (TPSA) is 50.5 Å². The van der Waals surface area contributed by atoms with Gasteiger partial charge in [0.2, 0.25) is 5.91 Å². The molecule has 29 heavy (non-hydrogen) atoms. The molecule has 2 heterocycles. The summed E-state index contributed by atoms with van der Waals surface area (Å²) >= 11 is 0. The summed E-state index contributed by atoms with van der Waals surface area (Å²) in [6, 6.07) is 16.6. The fraction of sp³-hybridized carbons (Fsp3) is 0.292. The van der Waals surface area contributed by atoms with Crippen molar-refractivity contribution in [1.29, 1.82) is 0 Å². The summed E-state index contributed by atoms with van der Waals surface area (Å²) in [7, 11) is 1.87. The quantitative estimate of drug-likeness (QED) is 0.511. The Balaban J connectivity index is 1.45. The average Bonchev–Trinajstić information content (AvgIpc) is 3.07. The average molecular weight is 386 g/mol. The lowest BCUT2D eigenvalue weighted by Crippen LogP contribution is -2.26. The fourth-order valence-electron chi connectivity index (χ4n) is 3.92. The third kappa shape index (κ3) is 3.86. The molecule has 0 unspecified atom stereocenters. The van der Waals surface area contributed by atoms with Crippen LogP contribution in [0, 0.1) is 20.8 Å². The van der Waals surface area contributed by atoms with Crippen LogP contribution in [0.3, 0.4) is 0 Å². The molecule has 1 amide bonds. The molecule has 5 nitrogen and oxygen atoms in total. The lowest BCUT2D eigenvalue weighted by atomic mass is 10.1. The van der Waals surface area contributed by atoms with Gasteiger partial charge in [0.15, 0.2) is 5.65 Å². The van der Waals surface area contributed by atoms with E-state index in [1.807, 2.05) is 50.5 Å². The summed E-state index contributed by atoms with van der Waals surface area (Å²) < 4.78 is 1.88. The highest BCUT2D eigenvalue weighted by atomic mass is 16.2. The van der Waals surface area contributed by atoms with Crippen molar-refractivity contribution in [2.75, 3.05) is 7.05 Å². The summed E-state index contributed by atoms with van der Waals surface area (Å²) in [5.41, 5.74) is 6.09. The summed E-state index contributed by atoms with van der Waals surface area (Å²) in [4.78, 5) is 19.2. The molecule has 0 atom stereocenters. The molecule has 0 aliphatic carbocycles. The Bertz CT molecular complexity index is 1210. The minimum absolute atomic E-state index is 0.133. The zero-order valence-corrected chi connectivity index (χ0v) is 17.4. The normalized spacial score (nSPS) is 11.3. The van der Waals surface area contributed by atoms with Gasteiger partial charge < -0.3 is 4.90 Å². The zero-order chi connectivity index (χ0) is 20.5. The van der Waals surface area contributed by atoms with Gasteiger partial charge in [-0.1, -0.05) is 36.4 Å². The highest BCUT2D eigenvalue weighted by Crippen LogP contribution is 2.19. The number of benzene rings is 2. The monoisotopic (exact) mass is 386 g/mol. The van der Waals surface area contributed by atoms with Gasteiger partial charge in [-0.2, -0.15) is 5.10 Å². The van der Waals surface area contributed by atoms with Crippen molar-refractivity contribution < 1.29 is 4.79 Å². The van der Waals surface area contributed by atoms with E-state index in [4.69, 9.17) is 0 Å². The molecule has 2 aromatic carbocycles. The molecule has 0 saturated heterocycles. The molecule has 0 aliphatic rings. The van der Waals surface area contributed by atoms with Crippen LogP contribution in [0.15, 0.2) is 48.5 Å². The second-order valence-electron chi connectivity index (χ2n) is 7.75. The van der Waals surface area contributed by atoms with Crippen LogP contribution in [0.2, 0.25) is 0 Å². The maximum absolute atomic E-state index is 12.8. The second-order valence-corrected chi connectivity index (χ2v) is 7.75. The molecule has 0 fully saturated rings. The first-order valence-electron chi connectivity index (χ1n) is 9.96. The molecule has 0 saturated carbocycles. The number of hydrogen-bond donors (Lipinski definition) is 0. The Morgan fingerprint density at radius 3 is 2.59 bits per heavy atom. The summed E-state index contributed by atoms with van der Waals surface area (Å²) in [5.74, 6) is 0.133. The van der Waals surface area contributed by atoms with E-state index in [0.29, 0.717) is 19.4 Å². The summed E-state index contributed by atoms with van der Waals surface area (Å²) in [6.45, 7) is 6.63. The van der Waals surface area contributed by atoms with Gasteiger partial charge in [0.25, 0.3) is 0 Å². The van der Waals surface area contributed by atoms with E-state index in [2.05, 4.69) is 40.4 Å². The largest absolute Gasteiger partial charge is 0.341 e. The van der Waals surface area contributed by atoms with Gasteiger partial charge in [-0.25, -0.2) is 9.50 Å². The Kier molecular flexibility index (Phi) is 5.05. The standard InChI is InChI=1S/C24H26N4O/c1-16-13-23-25-17(2)22(18(3)28(23)26-16)11-12-24(29)27(4)15-19-9-10-20-7-5-6-8-21(20)14-19/h5-10,13-14H,11-12,15H2,1-4H3. The van der Waals surface area contributed by atoms with Crippen molar-refractivity contribution in [2.24, 2.45) is 0 Å². The molecular weight excluding hydrogens is 360 g/mol. The number of carbonyl (C=O) groups excluding carboxylic acids is 1. The molecule has 5 heteroatoms. The number of fused-ring (bicyclic) bond motifs is 2. The highest BCUT2D eigenvalue weighted by molar-refractivity contribution is 5.83. The van der Waals surface area contributed by atoms with Crippen LogP contribution in [-0.4, -0.2) is 32.5 Å². The van der Waals surface area contributed by atoms with E-state index in [9.17, 15) is 4.79 Å². The lowest BCUT2D eigenvalue weighted by molar-refractivity contribution is -0.130. The molecule has 2 aromatic heterocycles. The minimum Gasteiger partial charge on any atom is -0.341 e. The smallest absolute Gasteiger partial charge is 0.222 e. The molecule has 0 bridgehead atoms.